The Bertz CT molecular complexity index is 726. The zero-order valence-corrected chi connectivity index (χ0v) is 12.1. The molecule has 0 atom stereocenters. The number of rotatable bonds is 5. The molecule has 0 spiro atoms. The highest BCUT2D eigenvalue weighted by Crippen LogP contribution is 2.21. The van der Waals surface area contributed by atoms with Crippen molar-refractivity contribution in [2.45, 2.75) is 4.90 Å². The van der Waals surface area contributed by atoms with Gasteiger partial charge in [0, 0.05) is 46.9 Å². The maximum atomic E-state index is 12.8. The molecule has 0 amide bonds. The van der Waals surface area contributed by atoms with Crippen LogP contribution in [0.15, 0.2) is 59.9 Å². The number of aromatic nitrogens is 2. The molecule has 0 aliphatic rings. The van der Waals surface area contributed by atoms with E-state index in [0.717, 1.165) is 33.8 Å². The summed E-state index contributed by atoms with van der Waals surface area (Å²) in [5, 5.41) is 4.41. The summed E-state index contributed by atoms with van der Waals surface area (Å²) in [6.45, 7) is 0.816. The number of fused-ring (bicyclic) bond motifs is 1. The number of thioether (sulfide) groups is 1. The maximum Gasteiger partial charge on any atom is 0.123 e. The highest BCUT2D eigenvalue weighted by molar-refractivity contribution is 7.99. The Morgan fingerprint density at radius 1 is 1.05 bits per heavy atom. The van der Waals surface area contributed by atoms with Crippen molar-refractivity contribution < 1.29 is 4.39 Å². The molecule has 0 fully saturated rings. The van der Waals surface area contributed by atoms with E-state index in [0.29, 0.717) is 0 Å². The summed E-state index contributed by atoms with van der Waals surface area (Å²) in [6.07, 6.45) is 5.35. The summed E-state index contributed by atoms with van der Waals surface area (Å²) >= 11 is 1.69. The Kier molecular flexibility index (Phi) is 4.31. The van der Waals surface area contributed by atoms with Gasteiger partial charge in [0.25, 0.3) is 0 Å². The first-order valence-corrected chi connectivity index (χ1v) is 7.62. The molecule has 0 bridgehead atoms. The number of hydrogen-bond acceptors (Lipinski definition) is 4. The molecular weight excluding hydrogens is 285 g/mol. The van der Waals surface area contributed by atoms with Crippen LogP contribution in [0.1, 0.15) is 0 Å². The zero-order chi connectivity index (χ0) is 14.5. The molecule has 3 nitrogen and oxygen atoms in total. The molecule has 3 rings (SSSR count). The van der Waals surface area contributed by atoms with E-state index in [1.165, 1.54) is 12.1 Å². The molecule has 0 radical (unpaired) electrons. The molecule has 0 saturated heterocycles. The second-order valence-corrected chi connectivity index (χ2v) is 5.65. The predicted molar refractivity (Wildman–Crippen MR) is 85.2 cm³/mol. The van der Waals surface area contributed by atoms with Gasteiger partial charge in [-0.3, -0.25) is 9.97 Å². The first-order valence-electron chi connectivity index (χ1n) is 6.64. The lowest BCUT2D eigenvalue weighted by Gasteiger charge is -2.08. The minimum atomic E-state index is -0.201. The summed E-state index contributed by atoms with van der Waals surface area (Å²) in [5.41, 5.74) is 1.97. The fraction of sp³-hybridized carbons (Fsp3) is 0.125. The minimum Gasteiger partial charge on any atom is -0.384 e. The SMILES string of the molecule is Fc1ccc(SCCNc2ccnc3ccncc23)cc1. The van der Waals surface area contributed by atoms with E-state index in [4.69, 9.17) is 0 Å². The Morgan fingerprint density at radius 3 is 2.76 bits per heavy atom. The summed E-state index contributed by atoms with van der Waals surface area (Å²) < 4.78 is 12.8. The smallest absolute Gasteiger partial charge is 0.123 e. The number of benzene rings is 1. The molecule has 2 heterocycles. The number of nitrogens with one attached hydrogen (secondary N) is 1. The number of nitrogens with zero attached hydrogens (tertiary/aromatic N) is 2. The van der Waals surface area contributed by atoms with Gasteiger partial charge >= 0.3 is 0 Å². The van der Waals surface area contributed by atoms with Gasteiger partial charge in [0.2, 0.25) is 0 Å². The van der Waals surface area contributed by atoms with Gasteiger partial charge in [-0.25, -0.2) is 4.39 Å². The quantitative estimate of drug-likeness (QED) is 0.571. The molecule has 1 N–H and O–H groups in total. The fourth-order valence-electron chi connectivity index (χ4n) is 2.03. The van der Waals surface area contributed by atoms with Crippen molar-refractivity contribution in [3.63, 3.8) is 0 Å². The van der Waals surface area contributed by atoms with Gasteiger partial charge in [-0.2, -0.15) is 0 Å². The van der Waals surface area contributed by atoms with Gasteiger partial charge in [0.1, 0.15) is 5.82 Å². The van der Waals surface area contributed by atoms with E-state index in [1.54, 1.807) is 36.3 Å². The molecular formula is C16H14FN3S. The van der Waals surface area contributed by atoms with Crippen molar-refractivity contribution in [3.8, 4) is 0 Å². The van der Waals surface area contributed by atoms with Crippen LogP contribution >= 0.6 is 11.8 Å². The normalized spacial score (nSPS) is 10.7. The second kappa shape index (κ2) is 6.54. The third kappa shape index (κ3) is 3.49. The van der Waals surface area contributed by atoms with E-state index in [9.17, 15) is 4.39 Å². The molecule has 2 aromatic heterocycles. The lowest BCUT2D eigenvalue weighted by Crippen LogP contribution is -2.04. The van der Waals surface area contributed by atoms with Crippen molar-refractivity contribution in [3.05, 3.63) is 60.8 Å². The number of pyridine rings is 2. The topological polar surface area (TPSA) is 37.8 Å². The Morgan fingerprint density at radius 2 is 1.90 bits per heavy atom. The molecule has 106 valence electrons. The monoisotopic (exact) mass is 299 g/mol. The first kappa shape index (κ1) is 13.8. The largest absolute Gasteiger partial charge is 0.384 e. The van der Waals surface area contributed by atoms with Gasteiger partial charge in [0.15, 0.2) is 0 Å². The Hall–Kier alpha value is -2.14. The summed E-state index contributed by atoms with van der Waals surface area (Å²) in [4.78, 5) is 9.51. The lowest BCUT2D eigenvalue weighted by atomic mass is 10.2. The van der Waals surface area contributed by atoms with Crippen molar-refractivity contribution >= 4 is 28.4 Å². The Balaban J connectivity index is 1.58. The van der Waals surface area contributed by atoms with Crippen LogP contribution in [0.3, 0.4) is 0 Å². The van der Waals surface area contributed by atoms with Crippen molar-refractivity contribution in [2.24, 2.45) is 0 Å². The van der Waals surface area contributed by atoms with Crippen LogP contribution in [0.4, 0.5) is 10.1 Å². The fourth-order valence-corrected chi connectivity index (χ4v) is 2.80. The number of anilines is 1. The van der Waals surface area contributed by atoms with Crippen LogP contribution in [0.5, 0.6) is 0 Å². The van der Waals surface area contributed by atoms with Crippen LogP contribution in [-0.2, 0) is 0 Å². The maximum absolute atomic E-state index is 12.8. The molecule has 0 saturated carbocycles. The van der Waals surface area contributed by atoms with Gasteiger partial charge in [-0.1, -0.05) is 0 Å². The standard InChI is InChI=1S/C16H14FN3S/c17-12-1-3-13(4-2-12)21-10-9-20-16-6-8-19-15-5-7-18-11-14(15)16/h1-8,11H,9-10H2,(H,19,20). The molecule has 3 aromatic rings. The molecule has 0 aliphatic carbocycles. The Labute approximate surface area is 126 Å². The van der Waals surface area contributed by atoms with Crippen molar-refractivity contribution in [1.82, 2.24) is 9.97 Å². The van der Waals surface area contributed by atoms with E-state index in [1.807, 2.05) is 18.3 Å². The molecule has 5 heteroatoms. The first-order chi connectivity index (χ1) is 10.3. The van der Waals surface area contributed by atoms with Gasteiger partial charge in [0.05, 0.1) is 5.52 Å². The van der Waals surface area contributed by atoms with E-state index < -0.39 is 0 Å². The van der Waals surface area contributed by atoms with Crippen molar-refractivity contribution in [1.29, 1.82) is 0 Å². The van der Waals surface area contributed by atoms with Crippen LogP contribution in [0.2, 0.25) is 0 Å². The third-order valence-electron chi connectivity index (χ3n) is 3.04. The highest BCUT2D eigenvalue weighted by atomic mass is 32.2. The summed E-state index contributed by atoms with van der Waals surface area (Å²) in [5.74, 6) is 0.698. The van der Waals surface area contributed by atoms with E-state index in [-0.39, 0.29) is 5.82 Å². The molecule has 0 aliphatic heterocycles. The third-order valence-corrected chi connectivity index (χ3v) is 4.06. The average Bonchev–Trinajstić information content (AvgIpc) is 2.53. The van der Waals surface area contributed by atoms with Crippen LogP contribution in [0, 0.1) is 5.82 Å². The lowest BCUT2D eigenvalue weighted by molar-refractivity contribution is 0.626. The zero-order valence-electron chi connectivity index (χ0n) is 11.3. The van der Waals surface area contributed by atoms with Gasteiger partial charge in [-0.15, -0.1) is 11.8 Å². The van der Waals surface area contributed by atoms with Crippen LogP contribution in [-0.4, -0.2) is 22.3 Å². The molecule has 0 unspecified atom stereocenters. The van der Waals surface area contributed by atoms with Crippen LogP contribution < -0.4 is 5.32 Å². The highest BCUT2D eigenvalue weighted by Gasteiger charge is 2.01. The average molecular weight is 299 g/mol. The molecule has 1 aromatic carbocycles. The number of hydrogen-bond donors (Lipinski definition) is 1. The van der Waals surface area contributed by atoms with E-state index >= 15 is 0 Å². The van der Waals surface area contributed by atoms with Crippen molar-refractivity contribution in [2.75, 3.05) is 17.6 Å². The minimum absolute atomic E-state index is 0.201. The summed E-state index contributed by atoms with van der Waals surface area (Å²) in [6, 6.07) is 10.4. The van der Waals surface area contributed by atoms with E-state index in [2.05, 4.69) is 15.3 Å². The van der Waals surface area contributed by atoms with Gasteiger partial charge in [-0.05, 0) is 36.4 Å². The second-order valence-electron chi connectivity index (χ2n) is 4.48. The number of halogens is 1. The predicted octanol–water partition coefficient (Wildman–Crippen LogP) is 3.97. The molecule has 21 heavy (non-hydrogen) atoms. The van der Waals surface area contributed by atoms with Crippen LogP contribution in [0.25, 0.3) is 10.9 Å². The van der Waals surface area contributed by atoms with Gasteiger partial charge < -0.3 is 5.32 Å². The summed E-state index contributed by atoms with van der Waals surface area (Å²) in [7, 11) is 0.